The first-order valence-electron chi connectivity index (χ1n) is 6.99. The standard InChI is InChI=1S/C14H30O/c1-3-5-7-8-9-11-13-14(15)12-10-6-4-2/h14-15H,3-13H2,1-2H3/t14-/m0/s1. The summed E-state index contributed by atoms with van der Waals surface area (Å²) in [4.78, 5) is 0. The number of rotatable bonds is 11. The van der Waals surface area contributed by atoms with Crippen LogP contribution in [-0.4, -0.2) is 11.2 Å². The van der Waals surface area contributed by atoms with Gasteiger partial charge in [0, 0.05) is 0 Å². The zero-order valence-corrected chi connectivity index (χ0v) is 10.8. The molecule has 0 aromatic carbocycles. The fourth-order valence-corrected chi connectivity index (χ4v) is 1.93. The second kappa shape index (κ2) is 12.0. The van der Waals surface area contributed by atoms with Crippen molar-refractivity contribution in [2.24, 2.45) is 0 Å². The first kappa shape index (κ1) is 15.0. The molecule has 1 nitrogen and oxygen atoms in total. The van der Waals surface area contributed by atoms with Crippen LogP contribution in [0.15, 0.2) is 0 Å². The molecular formula is C14H30O. The van der Waals surface area contributed by atoms with Gasteiger partial charge in [-0.2, -0.15) is 0 Å². The van der Waals surface area contributed by atoms with E-state index in [0.717, 1.165) is 12.8 Å². The summed E-state index contributed by atoms with van der Waals surface area (Å²) in [6.45, 7) is 4.46. The van der Waals surface area contributed by atoms with Gasteiger partial charge in [-0.1, -0.05) is 71.6 Å². The minimum atomic E-state index is -0.0253. The van der Waals surface area contributed by atoms with Crippen LogP contribution in [0, 0.1) is 0 Å². The Kier molecular flexibility index (Phi) is 12.0. The maximum absolute atomic E-state index is 9.68. The summed E-state index contributed by atoms with van der Waals surface area (Å²) >= 11 is 0. The Morgan fingerprint density at radius 1 is 0.667 bits per heavy atom. The lowest BCUT2D eigenvalue weighted by molar-refractivity contribution is 0.147. The van der Waals surface area contributed by atoms with Crippen LogP contribution >= 0.6 is 0 Å². The van der Waals surface area contributed by atoms with Gasteiger partial charge in [-0.3, -0.25) is 0 Å². The average Bonchev–Trinajstić information content (AvgIpc) is 2.23. The van der Waals surface area contributed by atoms with Gasteiger partial charge < -0.3 is 5.11 Å². The molecular weight excluding hydrogens is 184 g/mol. The van der Waals surface area contributed by atoms with E-state index in [1.165, 1.54) is 57.8 Å². The van der Waals surface area contributed by atoms with Crippen LogP contribution in [0.4, 0.5) is 0 Å². The molecule has 0 heterocycles. The molecule has 0 amide bonds. The highest BCUT2D eigenvalue weighted by Crippen LogP contribution is 2.12. The van der Waals surface area contributed by atoms with Gasteiger partial charge in [0.1, 0.15) is 0 Å². The van der Waals surface area contributed by atoms with E-state index < -0.39 is 0 Å². The third-order valence-corrected chi connectivity index (χ3v) is 3.03. The Morgan fingerprint density at radius 3 is 1.67 bits per heavy atom. The first-order chi connectivity index (χ1) is 7.31. The number of aliphatic hydroxyl groups is 1. The van der Waals surface area contributed by atoms with Gasteiger partial charge in [-0.05, 0) is 12.8 Å². The minimum Gasteiger partial charge on any atom is -0.393 e. The highest BCUT2D eigenvalue weighted by molar-refractivity contribution is 4.56. The van der Waals surface area contributed by atoms with Crippen molar-refractivity contribution in [3.63, 3.8) is 0 Å². The van der Waals surface area contributed by atoms with Crippen molar-refractivity contribution in [3.05, 3.63) is 0 Å². The average molecular weight is 214 g/mol. The SMILES string of the molecule is CCCCCCCC[C@@H](O)CCCCC. The third-order valence-electron chi connectivity index (χ3n) is 3.03. The molecule has 1 heteroatoms. The van der Waals surface area contributed by atoms with E-state index >= 15 is 0 Å². The maximum Gasteiger partial charge on any atom is 0.0540 e. The Balaban J connectivity index is 3.06. The predicted octanol–water partition coefficient (Wildman–Crippen LogP) is 4.68. The van der Waals surface area contributed by atoms with Crippen LogP contribution < -0.4 is 0 Å². The fourth-order valence-electron chi connectivity index (χ4n) is 1.93. The molecule has 0 spiro atoms. The number of hydrogen-bond acceptors (Lipinski definition) is 1. The highest BCUT2D eigenvalue weighted by Gasteiger charge is 2.02. The smallest absolute Gasteiger partial charge is 0.0540 e. The molecule has 0 aromatic heterocycles. The second-order valence-corrected chi connectivity index (χ2v) is 4.71. The van der Waals surface area contributed by atoms with E-state index in [4.69, 9.17) is 0 Å². The molecule has 1 atom stereocenters. The van der Waals surface area contributed by atoms with Crippen LogP contribution in [0.25, 0.3) is 0 Å². The summed E-state index contributed by atoms with van der Waals surface area (Å²) in [5.74, 6) is 0. The number of unbranched alkanes of at least 4 members (excludes halogenated alkanes) is 7. The quantitative estimate of drug-likeness (QED) is 0.495. The summed E-state index contributed by atoms with van der Waals surface area (Å²) in [7, 11) is 0. The summed E-state index contributed by atoms with van der Waals surface area (Å²) in [6.07, 6.45) is 13.7. The lowest BCUT2D eigenvalue weighted by atomic mass is 10.0. The normalized spacial score (nSPS) is 13.0. The van der Waals surface area contributed by atoms with E-state index in [0.29, 0.717) is 0 Å². The molecule has 0 saturated heterocycles. The van der Waals surface area contributed by atoms with E-state index in [-0.39, 0.29) is 6.10 Å². The number of aliphatic hydroxyl groups excluding tert-OH is 1. The van der Waals surface area contributed by atoms with Crippen molar-refractivity contribution in [2.45, 2.75) is 90.6 Å². The van der Waals surface area contributed by atoms with Gasteiger partial charge >= 0.3 is 0 Å². The van der Waals surface area contributed by atoms with Crippen molar-refractivity contribution in [1.29, 1.82) is 0 Å². The van der Waals surface area contributed by atoms with E-state index in [2.05, 4.69) is 13.8 Å². The monoisotopic (exact) mass is 214 g/mol. The van der Waals surface area contributed by atoms with Crippen molar-refractivity contribution in [1.82, 2.24) is 0 Å². The molecule has 1 N–H and O–H groups in total. The molecule has 0 aliphatic carbocycles. The van der Waals surface area contributed by atoms with Gasteiger partial charge in [-0.15, -0.1) is 0 Å². The van der Waals surface area contributed by atoms with Crippen LogP contribution in [0.2, 0.25) is 0 Å². The van der Waals surface area contributed by atoms with Crippen molar-refractivity contribution in [2.75, 3.05) is 0 Å². The van der Waals surface area contributed by atoms with Crippen LogP contribution in [0.5, 0.6) is 0 Å². The largest absolute Gasteiger partial charge is 0.393 e. The third kappa shape index (κ3) is 11.9. The summed E-state index contributed by atoms with van der Waals surface area (Å²) in [6, 6.07) is 0. The molecule has 92 valence electrons. The van der Waals surface area contributed by atoms with Crippen molar-refractivity contribution >= 4 is 0 Å². The molecule has 15 heavy (non-hydrogen) atoms. The Hall–Kier alpha value is -0.0400. The molecule has 0 rings (SSSR count). The fraction of sp³-hybridized carbons (Fsp3) is 1.00. The molecule has 0 bridgehead atoms. The Morgan fingerprint density at radius 2 is 1.07 bits per heavy atom. The van der Waals surface area contributed by atoms with Crippen LogP contribution in [0.3, 0.4) is 0 Å². The molecule has 0 aliphatic heterocycles. The zero-order valence-electron chi connectivity index (χ0n) is 10.8. The zero-order chi connectivity index (χ0) is 11.4. The van der Waals surface area contributed by atoms with Crippen LogP contribution in [0.1, 0.15) is 84.5 Å². The molecule has 0 aliphatic rings. The molecule has 0 saturated carbocycles. The summed E-state index contributed by atoms with van der Waals surface area (Å²) < 4.78 is 0. The first-order valence-corrected chi connectivity index (χ1v) is 6.99. The molecule has 0 fully saturated rings. The second-order valence-electron chi connectivity index (χ2n) is 4.71. The maximum atomic E-state index is 9.68. The minimum absolute atomic E-state index is 0.0253. The number of hydrogen-bond donors (Lipinski definition) is 1. The summed E-state index contributed by atoms with van der Waals surface area (Å²) in [5, 5.41) is 9.68. The lowest BCUT2D eigenvalue weighted by Crippen LogP contribution is -2.05. The Bertz CT molecular complexity index is 112. The van der Waals surface area contributed by atoms with Crippen molar-refractivity contribution in [3.8, 4) is 0 Å². The van der Waals surface area contributed by atoms with Gasteiger partial charge in [-0.25, -0.2) is 0 Å². The molecule has 0 radical (unpaired) electrons. The van der Waals surface area contributed by atoms with Gasteiger partial charge in [0.25, 0.3) is 0 Å². The summed E-state index contributed by atoms with van der Waals surface area (Å²) in [5.41, 5.74) is 0. The Labute approximate surface area is 96.3 Å². The lowest BCUT2D eigenvalue weighted by Gasteiger charge is -2.09. The van der Waals surface area contributed by atoms with Crippen LogP contribution in [-0.2, 0) is 0 Å². The van der Waals surface area contributed by atoms with Gasteiger partial charge in [0.2, 0.25) is 0 Å². The molecule has 0 aromatic rings. The van der Waals surface area contributed by atoms with E-state index in [1.54, 1.807) is 0 Å². The van der Waals surface area contributed by atoms with Crippen molar-refractivity contribution < 1.29 is 5.11 Å². The van der Waals surface area contributed by atoms with Gasteiger partial charge in [0.15, 0.2) is 0 Å². The highest BCUT2D eigenvalue weighted by atomic mass is 16.3. The van der Waals surface area contributed by atoms with Gasteiger partial charge in [0.05, 0.1) is 6.10 Å². The predicted molar refractivity (Wildman–Crippen MR) is 68.1 cm³/mol. The van der Waals surface area contributed by atoms with E-state index in [9.17, 15) is 5.11 Å². The topological polar surface area (TPSA) is 20.2 Å². The molecule has 0 unspecified atom stereocenters. The van der Waals surface area contributed by atoms with E-state index in [1.807, 2.05) is 0 Å².